The SMILES string of the molecule is Cc1cnc(NC2CC(C)(C)NC(C)(C)C2)nc1-c1ccc(CCCCO)s1. The Labute approximate surface area is 173 Å². The molecule has 0 atom stereocenters. The first-order chi connectivity index (χ1) is 13.2. The molecule has 0 amide bonds. The van der Waals surface area contributed by atoms with E-state index in [1.807, 2.05) is 6.20 Å². The third-order valence-corrected chi connectivity index (χ3v) is 6.37. The van der Waals surface area contributed by atoms with E-state index < -0.39 is 0 Å². The van der Waals surface area contributed by atoms with Gasteiger partial charge in [-0.2, -0.15) is 0 Å². The molecule has 1 fully saturated rings. The van der Waals surface area contributed by atoms with Crippen LogP contribution in [0.2, 0.25) is 0 Å². The molecule has 0 aliphatic carbocycles. The topological polar surface area (TPSA) is 70.1 Å². The standard InChI is InChI=1S/C22H34N4OS/c1-15-14-23-20(24-16-12-21(2,3)26-22(4,5)13-16)25-19(15)18-10-9-17(28-18)8-6-7-11-27/h9-10,14,16,26-27H,6-8,11-13H2,1-5H3,(H,23,24,25). The number of piperidine rings is 1. The minimum Gasteiger partial charge on any atom is -0.396 e. The van der Waals surface area contributed by atoms with Crippen LogP contribution in [0.5, 0.6) is 0 Å². The molecule has 1 aliphatic rings. The Bertz CT molecular complexity index is 784. The Kier molecular flexibility index (Phi) is 6.42. The predicted molar refractivity (Wildman–Crippen MR) is 118 cm³/mol. The summed E-state index contributed by atoms with van der Waals surface area (Å²) in [5.41, 5.74) is 2.29. The third kappa shape index (κ3) is 5.52. The molecule has 0 spiro atoms. The van der Waals surface area contributed by atoms with E-state index >= 15 is 0 Å². The van der Waals surface area contributed by atoms with Crippen molar-refractivity contribution in [3.8, 4) is 10.6 Å². The second-order valence-corrected chi connectivity index (χ2v) is 10.5. The van der Waals surface area contributed by atoms with Crippen LogP contribution in [-0.2, 0) is 6.42 Å². The van der Waals surface area contributed by atoms with Crippen LogP contribution in [-0.4, -0.2) is 38.8 Å². The van der Waals surface area contributed by atoms with Gasteiger partial charge >= 0.3 is 0 Å². The van der Waals surface area contributed by atoms with Crippen molar-refractivity contribution < 1.29 is 5.11 Å². The Morgan fingerprint density at radius 2 is 1.89 bits per heavy atom. The molecular weight excluding hydrogens is 368 g/mol. The number of nitrogens with one attached hydrogen (secondary N) is 2. The lowest BCUT2D eigenvalue weighted by atomic mass is 9.80. The van der Waals surface area contributed by atoms with Gasteiger partial charge in [0.05, 0.1) is 10.6 Å². The molecule has 0 unspecified atom stereocenters. The Balaban J connectivity index is 1.75. The van der Waals surface area contributed by atoms with Crippen molar-refractivity contribution in [3.05, 3.63) is 28.8 Å². The average molecular weight is 403 g/mol. The quantitative estimate of drug-likeness (QED) is 0.593. The normalized spacial score (nSPS) is 18.9. The van der Waals surface area contributed by atoms with Crippen molar-refractivity contribution in [1.82, 2.24) is 15.3 Å². The smallest absolute Gasteiger partial charge is 0.223 e. The van der Waals surface area contributed by atoms with E-state index in [4.69, 9.17) is 10.1 Å². The molecule has 0 bridgehead atoms. The van der Waals surface area contributed by atoms with Crippen molar-refractivity contribution >= 4 is 17.3 Å². The number of aliphatic hydroxyl groups is 1. The van der Waals surface area contributed by atoms with Crippen LogP contribution in [0.25, 0.3) is 10.6 Å². The lowest BCUT2D eigenvalue weighted by Gasteiger charge is -2.46. The molecule has 3 rings (SSSR count). The molecule has 0 radical (unpaired) electrons. The minimum absolute atomic E-state index is 0.0875. The number of aliphatic hydroxyl groups excluding tert-OH is 1. The van der Waals surface area contributed by atoms with Crippen molar-refractivity contribution in [3.63, 3.8) is 0 Å². The molecule has 6 heteroatoms. The zero-order valence-electron chi connectivity index (χ0n) is 17.8. The molecule has 0 aromatic carbocycles. The van der Waals surface area contributed by atoms with Gasteiger partial charge in [0.1, 0.15) is 0 Å². The van der Waals surface area contributed by atoms with Gasteiger partial charge in [-0.05, 0) is 84.4 Å². The zero-order chi connectivity index (χ0) is 20.4. The maximum absolute atomic E-state index is 8.97. The van der Waals surface area contributed by atoms with E-state index in [0.29, 0.717) is 12.0 Å². The largest absolute Gasteiger partial charge is 0.396 e. The van der Waals surface area contributed by atoms with E-state index in [1.54, 1.807) is 11.3 Å². The average Bonchev–Trinajstić information content (AvgIpc) is 3.02. The number of aryl methyl sites for hydroxylation is 2. The maximum Gasteiger partial charge on any atom is 0.223 e. The fraction of sp³-hybridized carbons (Fsp3) is 0.636. The molecule has 28 heavy (non-hydrogen) atoms. The summed E-state index contributed by atoms with van der Waals surface area (Å²) in [5, 5.41) is 16.3. The summed E-state index contributed by atoms with van der Waals surface area (Å²) in [7, 11) is 0. The van der Waals surface area contributed by atoms with Gasteiger partial charge in [-0.25, -0.2) is 9.97 Å². The fourth-order valence-corrected chi connectivity index (χ4v) is 5.52. The number of thiophene rings is 1. The first-order valence-corrected chi connectivity index (χ1v) is 11.1. The van der Waals surface area contributed by atoms with Gasteiger partial charge in [0.15, 0.2) is 0 Å². The lowest BCUT2D eigenvalue weighted by Crippen LogP contribution is -2.60. The van der Waals surface area contributed by atoms with Crippen LogP contribution < -0.4 is 10.6 Å². The summed E-state index contributed by atoms with van der Waals surface area (Å²) in [4.78, 5) is 12.0. The van der Waals surface area contributed by atoms with Gasteiger partial charge in [-0.3, -0.25) is 0 Å². The molecule has 3 N–H and O–H groups in total. The molecule has 3 heterocycles. The second-order valence-electron chi connectivity index (χ2n) is 9.31. The Hall–Kier alpha value is -1.50. The Morgan fingerprint density at radius 3 is 2.57 bits per heavy atom. The summed E-state index contributed by atoms with van der Waals surface area (Å²) in [6, 6.07) is 4.69. The monoisotopic (exact) mass is 402 g/mol. The Morgan fingerprint density at radius 1 is 1.18 bits per heavy atom. The highest BCUT2D eigenvalue weighted by molar-refractivity contribution is 7.15. The van der Waals surface area contributed by atoms with E-state index in [0.717, 1.165) is 43.4 Å². The van der Waals surface area contributed by atoms with Gasteiger partial charge in [0, 0.05) is 34.8 Å². The fourth-order valence-electron chi connectivity index (χ4n) is 4.42. The van der Waals surface area contributed by atoms with E-state index in [9.17, 15) is 0 Å². The summed E-state index contributed by atoms with van der Waals surface area (Å²) in [6.45, 7) is 11.4. The third-order valence-electron chi connectivity index (χ3n) is 5.22. The summed E-state index contributed by atoms with van der Waals surface area (Å²) in [6.07, 6.45) is 6.89. The molecule has 5 nitrogen and oxygen atoms in total. The molecule has 0 saturated carbocycles. The minimum atomic E-state index is 0.0875. The van der Waals surface area contributed by atoms with Gasteiger partial charge in [0.2, 0.25) is 5.95 Å². The molecule has 2 aromatic heterocycles. The first kappa shape index (κ1) is 21.2. The van der Waals surface area contributed by atoms with Crippen LogP contribution in [0.4, 0.5) is 5.95 Å². The van der Waals surface area contributed by atoms with Crippen LogP contribution in [0.3, 0.4) is 0 Å². The van der Waals surface area contributed by atoms with Gasteiger partial charge in [0.25, 0.3) is 0 Å². The van der Waals surface area contributed by atoms with Crippen LogP contribution in [0.1, 0.15) is 63.8 Å². The van der Waals surface area contributed by atoms with Crippen molar-refractivity contribution in [2.45, 2.75) is 83.8 Å². The molecule has 1 aliphatic heterocycles. The van der Waals surface area contributed by atoms with Crippen molar-refractivity contribution in [2.75, 3.05) is 11.9 Å². The predicted octanol–water partition coefficient (Wildman–Crippen LogP) is 4.55. The van der Waals surface area contributed by atoms with Crippen molar-refractivity contribution in [1.29, 1.82) is 0 Å². The lowest BCUT2D eigenvalue weighted by molar-refractivity contribution is 0.170. The second kappa shape index (κ2) is 8.47. The molecule has 2 aromatic rings. The van der Waals surface area contributed by atoms with Gasteiger partial charge < -0.3 is 15.7 Å². The first-order valence-electron chi connectivity index (χ1n) is 10.3. The van der Waals surface area contributed by atoms with Crippen LogP contribution in [0.15, 0.2) is 18.3 Å². The number of hydrogen-bond donors (Lipinski definition) is 3. The highest BCUT2D eigenvalue weighted by Crippen LogP contribution is 2.32. The number of hydrogen-bond acceptors (Lipinski definition) is 6. The number of rotatable bonds is 7. The number of aromatic nitrogens is 2. The zero-order valence-corrected chi connectivity index (χ0v) is 18.6. The summed E-state index contributed by atoms with van der Waals surface area (Å²) >= 11 is 1.80. The van der Waals surface area contributed by atoms with E-state index in [-0.39, 0.29) is 17.7 Å². The number of unbranched alkanes of at least 4 members (excludes halogenated alkanes) is 1. The number of anilines is 1. The van der Waals surface area contributed by atoms with Crippen molar-refractivity contribution in [2.24, 2.45) is 0 Å². The van der Waals surface area contributed by atoms with E-state index in [2.05, 4.69) is 62.4 Å². The molecule has 154 valence electrons. The molecule has 1 saturated heterocycles. The summed E-state index contributed by atoms with van der Waals surface area (Å²) in [5.74, 6) is 0.717. The highest BCUT2D eigenvalue weighted by atomic mass is 32.1. The highest BCUT2D eigenvalue weighted by Gasteiger charge is 2.37. The molecular formula is C22H34N4OS. The van der Waals surface area contributed by atoms with Crippen LogP contribution in [0, 0.1) is 6.92 Å². The van der Waals surface area contributed by atoms with Gasteiger partial charge in [-0.15, -0.1) is 11.3 Å². The maximum atomic E-state index is 8.97. The van der Waals surface area contributed by atoms with Crippen LogP contribution >= 0.6 is 11.3 Å². The summed E-state index contributed by atoms with van der Waals surface area (Å²) < 4.78 is 0. The van der Waals surface area contributed by atoms with Gasteiger partial charge in [-0.1, -0.05) is 0 Å². The van der Waals surface area contributed by atoms with E-state index in [1.165, 1.54) is 9.75 Å². The number of nitrogens with zero attached hydrogens (tertiary/aromatic N) is 2.